The second kappa shape index (κ2) is 10.5. The van der Waals surface area contributed by atoms with Crippen LogP contribution in [-0.2, 0) is 11.3 Å². The van der Waals surface area contributed by atoms with Gasteiger partial charge in [0.2, 0.25) is 0 Å². The Morgan fingerprint density at radius 3 is 2.66 bits per heavy atom. The van der Waals surface area contributed by atoms with Crippen LogP contribution in [0.1, 0.15) is 46.8 Å². The summed E-state index contributed by atoms with van der Waals surface area (Å²) in [7, 11) is 0. The number of allylic oxidation sites excluding steroid dienone is 4. The first-order valence-corrected chi connectivity index (χ1v) is 11.7. The highest BCUT2D eigenvalue weighted by molar-refractivity contribution is 6.45. The maximum Gasteiger partial charge on any atom is 0.289 e. The highest BCUT2D eigenvalue weighted by Crippen LogP contribution is 2.35. The van der Waals surface area contributed by atoms with Crippen LogP contribution in [0.4, 0.5) is 0 Å². The van der Waals surface area contributed by atoms with Crippen LogP contribution in [0.15, 0.2) is 84.7 Å². The maximum atomic E-state index is 12.8. The van der Waals surface area contributed by atoms with E-state index in [1.165, 1.54) is 11.1 Å². The summed E-state index contributed by atoms with van der Waals surface area (Å²) in [6, 6.07) is 15.9. The normalized spacial score (nSPS) is 18.2. The summed E-state index contributed by atoms with van der Waals surface area (Å²) in [4.78, 5) is 24.7. The van der Waals surface area contributed by atoms with Gasteiger partial charge in [0.1, 0.15) is 18.1 Å². The van der Waals surface area contributed by atoms with Crippen LogP contribution in [0, 0.1) is 6.92 Å². The Bertz CT molecular complexity index is 1330. The van der Waals surface area contributed by atoms with E-state index in [1.807, 2.05) is 29.7 Å². The fraction of sp³-hybridized carbons (Fsp3) is 0.241. The van der Waals surface area contributed by atoms with Crippen molar-refractivity contribution in [1.29, 1.82) is 0 Å². The van der Waals surface area contributed by atoms with Crippen LogP contribution >= 0.6 is 0 Å². The molecule has 0 spiro atoms. The van der Waals surface area contributed by atoms with Crippen molar-refractivity contribution in [2.24, 2.45) is 5.73 Å². The molecule has 1 aliphatic carbocycles. The van der Waals surface area contributed by atoms with Gasteiger partial charge in [-0.25, -0.2) is 0 Å². The van der Waals surface area contributed by atoms with Crippen LogP contribution < -0.4 is 10.5 Å². The van der Waals surface area contributed by atoms with E-state index < -0.39 is 11.7 Å². The number of nitrogens with zero attached hydrogens (tertiary/aromatic N) is 1. The van der Waals surface area contributed by atoms with Gasteiger partial charge in [-0.15, -0.1) is 0 Å². The van der Waals surface area contributed by atoms with E-state index in [9.17, 15) is 14.7 Å². The minimum atomic E-state index is -1.02. The number of ketones is 1. The number of carbonyl (C=O) groups is 2. The van der Waals surface area contributed by atoms with E-state index >= 15 is 0 Å². The molecular weight excluding hydrogens is 440 g/mol. The largest absolute Gasteiger partial charge is 0.509 e. The molecule has 0 radical (unpaired) electrons. The number of hydrogen-bond donors (Lipinski definition) is 2. The Morgan fingerprint density at radius 1 is 1.17 bits per heavy atom. The molecule has 1 atom stereocenters. The number of nitrogens with two attached hydrogens (primary N) is 1. The van der Waals surface area contributed by atoms with Crippen LogP contribution in [0.5, 0.6) is 5.75 Å². The molecule has 6 nitrogen and oxygen atoms in total. The summed E-state index contributed by atoms with van der Waals surface area (Å²) < 4.78 is 7.76. The summed E-state index contributed by atoms with van der Waals surface area (Å²) in [6.45, 7) is 5.74. The molecule has 4 rings (SSSR count). The third-order valence-electron chi connectivity index (χ3n) is 6.41. The molecule has 6 heteroatoms. The number of rotatable bonds is 8. The first-order chi connectivity index (χ1) is 16.9. The van der Waals surface area contributed by atoms with Gasteiger partial charge in [0, 0.05) is 18.2 Å². The molecule has 35 heavy (non-hydrogen) atoms. The number of carbonyl (C=O) groups excluding carboxylic acids is 2. The standard InChI is InChI=1S/C29H30N2O4/c1-19(32)18-35-25-14-8-13-24-27(25)26(28(33)29(30)34)20(2)31(24)17-21-9-6-7-12-23(16-15-21)22-10-4-3-5-11-22/h3-5,7-8,10-15,23,32H,1,6,9,16-18H2,2H3,(H2,30,34)/b12-7-,21-15+. The van der Waals surface area contributed by atoms with Crippen LogP contribution in [0.25, 0.3) is 10.9 Å². The molecule has 1 unspecified atom stereocenters. The van der Waals surface area contributed by atoms with Gasteiger partial charge in [-0.3, -0.25) is 9.59 Å². The summed E-state index contributed by atoms with van der Waals surface area (Å²) in [5.74, 6) is -1.21. The lowest BCUT2D eigenvalue weighted by Gasteiger charge is -2.17. The van der Waals surface area contributed by atoms with Crippen molar-refractivity contribution in [3.63, 3.8) is 0 Å². The molecule has 1 aromatic heterocycles. The van der Waals surface area contributed by atoms with Gasteiger partial charge >= 0.3 is 0 Å². The van der Waals surface area contributed by atoms with E-state index in [0.717, 1.165) is 24.8 Å². The van der Waals surface area contributed by atoms with E-state index in [2.05, 4.69) is 49.1 Å². The van der Waals surface area contributed by atoms with E-state index in [4.69, 9.17) is 10.5 Å². The Labute approximate surface area is 205 Å². The molecule has 0 saturated carbocycles. The molecule has 3 N–H and O–H groups in total. The number of amides is 1. The molecule has 0 aliphatic heterocycles. The third kappa shape index (κ3) is 5.22. The Balaban J connectivity index is 1.74. The first-order valence-electron chi connectivity index (χ1n) is 11.7. The lowest BCUT2D eigenvalue weighted by molar-refractivity contribution is -0.114. The first kappa shape index (κ1) is 24.1. The fourth-order valence-corrected chi connectivity index (χ4v) is 4.68. The molecule has 0 bridgehead atoms. The Kier molecular flexibility index (Phi) is 7.20. The highest BCUT2D eigenvalue weighted by Gasteiger charge is 2.26. The summed E-state index contributed by atoms with van der Waals surface area (Å²) in [6.07, 6.45) is 9.51. The average Bonchev–Trinajstić information content (AvgIpc) is 3.11. The predicted octanol–water partition coefficient (Wildman–Crippen LogP) is 5.52. The van der Waals surface area contributed by atoms with Crippen molar-refractivity contribution >= 4 is 22.6 Å². The minimum Gasteiger partial charge on any atom is -0.509 e. The van der Waals surface area contributed by atoms with Gasteiger partial charge in [0.25, 0.3) is 11.7 Å². The molecule has 2 aromatic carbocycles. The third-order valence-corrected chi connectivity index (χ3v) is 6.41. The predicted molar refractivity (Wildman–Crippen MR) is 138 cm³/mol. The number of primary amides is 1. The SMILES string of the molecule is C=C(O)COc1cccc2c1c(C(=O)C(N)=O)c(C)n2C/C1=C/CC(c2ccccc2)/C=C\CC1. The summed E-state index contributed by atoms with van der Waals surface area (Å²) >= 11 is 0. The molecule has 0 saturated heterocycles. The number of fused-ring (bicyclic) bond motifs is 1. The van der Waals surface area contributed by atoms with Gasteiger partial charge in [0.05, 0.1) is 16.5 Å². The van der Waals surface area contributed by atoms with Crippen molar-refractivity contribution < 1.29 is 19.4 Å². The maximum absolute atomic E-state index is 12.8. The number of aliphatic hydroxyl groups excluding tert-OH is 1. The second-order valence-electron chi connectivity index (χ2n) is 8.83. The van der Waals surface area contributed by atoms with Crippen molar-refractivity contribution in [2.75, 3.05) is 6.61 Å². The van der Waals surface area contributed by atoms with Gasteiger partial charge in [0.15, 0.2) is 0 Å². The van der Waals surface area contributed by atoms with E-state index in [0.29, 0.717) is 29.3 Å². The molecule has 3 aromatic rings. The second-order valence-corrected chi connectivity index (χ2v) is 8.83. The quantitative estimate of drug-likeness (QED) is 0.196. The van der Waals surface area contributed by atoms with Gasteiger partial charge in [-0.2, -0.15) is 0 Å². The van der Waals surface area contributed by atoms with Crippen molar-refractivity contribution in [1.82, 2.24) is 4.57 Å². The lowest BCUT2D eigenvalue weighted by Crippen LogP contribution is -2.24. The minimum absolute atomic E-state index is 0.119. The Morgan fingerprint density at radius 2 is 1.94 bits per heavy atom. The van der Waals surface area contributed by atoms with E-state index in [1.54, 1.807) is 6.07 Å². The zero-order valence-electron chi connectivity index (χ0n) is 19.9. The topological polar surface area (TPSA) is 94.6 Å². The number of benzene rings is 2. The van der Waals surface area contributed by atoms with Crippen LogP contribution in [-0.4, -0.2) is 28.0 Å². The zero-order valence-corrected chi connectivity index (χ0v) is 19.9. The average molecular weight is 471 g/mol. The zero-order chi connectivity index (χ0) is 24.9. The number of aliphatic hydroxyl groups is 1. The smallest absolute Gasteiger partial charge is 0.289 e. The molecule has 1 aliphatic rings. The lowest BCUT2D eigenvalue weighted by atomic mass is 9.91. The van der Waals surface area contributed by atoms with Gasteiger partial charge in [-0.1, -0.05) is 66.8 Å². The van der Waals surface area contributed by atoms with Crippen molar-refractivity contribution in [2.45, 2.75) is 38.6 Å². The molecule has 1 heterocycles. The molecule has 1 amide bonds. The summed E-state index contributed by atoms with van der Waals surface area (Å²) in [5.41, 5.74) is 9.59. The Hall–Kier alpha value is -4.06. The fourth-order valence-electron chi connectivity index (χ4n) is 4.68. The molecule has 0 fully saturated rings. The monoisotopic (exact) mass is 470 g/mol. The molecule has 180 valence electrons. The van der Waals surface area contributed by atoms with Crippen molar-refractivity contribution in [3.8, 4) is 5.75 Å². The van der Waals surface area contributed by atoms with E-state index in [-0.39, 0.29) is 17.9 Å². The summed E-state index contributed by atoms with van der Waals surface area (Å²) in [5, 5.41) is 10.0. The van der Waals surface area contributed by atoms with Crippen LogP contribution in [0.2, 0.25) is 0 Å². The number of hydrogen-bond acceptors (Lipinski definition) is 4. The van der Waals surface area contributed by atoms with Gasteiger partial charge in [-0.05, 0) is 43.9 Å². The highest BCUT2D eigenvalue weighted by atomic mass is 16.5. The number of aromatic nitrogens is 1. The van der Waals surface area contributed by atoms with Gasteiger partial charge < -0.3 is 20.1 Å². The number of ether oxygens (including phenoxy) is 1. The van der Waals surface area contributed by atoms with Crippen molar-refractivity contribution in [3.05, 3.63) is 101 Å². The number of Topliss-reactive ketones (excluding diaryl/α,β-unsaturated/α-hetero) is 1. The van der Waals surface area contributed by atoms with Crippen LogP contribution in [0.3, 0.4) is 0 Å². The molecular formula is C29H30N2O4.